The Bertz CT molecular complexity index is 221. The summed E-state index contributed by atoms with van der Waals surface area (Å²) >= 11 is 0. The molecule has 1 N–H and O–H groups in total. The summed E-state index contributed by atoms with van der Waals surface area (Å²) in [6, 6.07) is 0. The Kier molecular flexibility index (Phi) is 5.97. The Labute approximate surface area is 114 Å². The Hall–Kier alpha value is -0.0800. The largest absolute Gasteiger partial charge is 0.317 e. The van der Waals surface area contributed by atoms with Gasteiger partial charge in [-0.1, -0.05) is 33.1 Å². The first-order valence-corrected chi connectivity index (χ1v) is 8.24. The molecule has 2 nitrogen and oxygen atoms in total. The molecule has 2 heteroatoms. The highest BCUT2D eigenvalue weighted by atomic mass is 15.1. The lowest BCUT2D eigenvalue weighted by Crippen LogP contribution is -2.31. The molecule has 0 spiro atoms. The van der Waals surface area contributed by atoms with E-state index in [1.165, 1.54) is 64.7 Å². The summed E-state index contributed by atoms with van der Waals surface area (Å²) in [6.45, 7) is 11.0. The molecule has 0 aromatic heterocycles. The second-order valence-corrected chi connectivity index (χ2v) is 6.52. The Balaban J connectivity index is 1.63. The molecule has 0 aromatic carbocycles. The van der Waals surface area contributed by atoms with E-state index in [4.69, 9.17) is 0 Å². The van der Waals surface area contributed by atoms with Crippen LogP contribution in [0, 0.1) is 17.8 Å². The van der Waals surface area contributed by atoms with Gasteiger partial charge in [-0.3, -0.25) is 0 Å². The van der Waals surface area contributed by atoms with Gasteiger partial charge in [0.05, 0.1) is 0 Å². The van der Waals surface area contributed by atoms with Crippen molar-refractivity contribution in [3.05, 3.63) is 0 Å². The fourth-order valence-corrected chi connectivity index (χ4v) is 3.78. The van der Waals surface area contributed by atoms with E-state index in [0.29, 0.717) is 0 Å². The van der Waals surface area contributed by atoms with Crippen LogP contribution in [-0.4, -0.2) is 37.6 Å². The maximum Gasteiger partial charge on any atom is 0.00224 e. The number of nitrogens with one attached hydrogen (secondary N) is 1. The summed E-state index contributed by atoms with van der Waals surface area (Å²) < 4.78 is 0. The molecule has 18 heavy (non-hydrogen) atoms. The van der Waals surface area contributed by atoms with Crippen LogP contribution in [0.1, 0.15) is 52.4 Å². The first-order chi connectivity index (χ1) is 8.81. The van der Waals surface area contributed by atoms with Gasteiger partial charge in [0.15, 0.2) is 0 Å². The molecule has 0 amide bonds. The maximum absolute atomic E-state index is 3.50. The fraction of sp³-hybridized carbons (Fsp3) is 1.00. The highest BCUT2D eigenvalue weighted by Crippen LogP contribution is 2.31. The van der Waals surface area contributed by atoms with Crippen molar-refractivity contribution in [2.45, 2.75) is 52.4 Å². The summed E-state index contributed by atoms with van der Waals surface area (Å²) in [6.07, 6.45) is 8.80. The van der Waals surface area contributed by atoms with Crippen molar-refractivity contribution >= 4 is 0 Å². The second kappa shape index (κ2) is 7.49. The van der Waals surface area contributed by atoms with E-state index in [2.05, 4.69) is 24.1 Å². The van der Waals surface area contributed by atoms with Crippen molar-refractivity contribution in [3.63, 3.8) is 0 Å². The predicted molar refractivity (Wildman–Crippen MR) is 78.8 cm³/mol. The molecule has 2 fully saturated rings. The number of nitrogens with zero attached hydrogens (tertiary/aromatic N) is 1. The van der Waals surface area contributed by atoms with Crippen molar-refractivity contribution < 1.29 is 0 Å². The topological polar surface area (TPSA) is 15.3 Å². The molecule has 0 bridgehead atoms. The molecule has 0 aromatic rings. The molecule has 2 rings (SSSR count). The average molecular weight is 252 g/mol. The lowest BCUT2D eigenvalue weighted by Gasteiger charge is -2.30. The highest BCUT2D eigenvalue weighted by Gasteiger charge is 2.26. The minimum Gasteiger partial charge on any atom is -0.317 e. The second-order valence-electron chi connectivity index (χ2n) is 6.52. The van der Waals surface area contributed by atoms with Gasteiger partial charge in [0.1, 0.15) is 0 Å². The lowest BCUT2D eigenvalue weighted by molar-refractivity contribution is 0.197. The van der Waals surface area contributed by atoms with Gasteiger partial charge in [0, 0.05) is 13.1 Å². The van der Waals surface area contributed by atoms with Gasteiger partial charge >= 0.3 is 0 Å². The van der Waals surface area contributed by atoms with Gasteiger partial charge in [-0.25, -0.2) is 0 Å². The van der Waals surface area contributed by atoms with Crippen LogP contribution in [0.2, 0.25) is 0 Å². The van der Waals surface area contributed by atoms with Gasteiger partial charge in [0.25, 0.3) is 0 Å². The van der Waals surface area contributed by atoms with Crippen LogP contribution >= 0.6 is 0 Å². The quantitative estimate of drug-likeness (QED) is 0.781. The molecule has 1 saturated heterocycles. The minimum absolute atomic E-state index is 0.914. The van der Waals surface area contributed by atoms with Crippen LogP contribution < -0.4 is 5.32 Å². The van der Waals surface area contributed by atoms with E-state index in [1.54, 1.807) is 0 Å². The summed E-state index contributed by atoms with van der Waals surface area (Å²) in [5.41, 5.74) is 0. The van der Waals surface area contributed by atoms with Gasteiger partial charge in [-0.15, -0.1) is 0 Å². The third-order valence-electron chi connectivity index (χ3n) is 5.11. The molecule has 106 valence electrons. The average Bonchev–Trinajstić information content (AvgIpc) is 2.85. The van der Waals surface area contributed by atoms with Crippen LogP contribution in [0.4, 0.5) is 0 Å². The standard InChI is InChI=1S/C16H32N2/c1-3-14-5-7-15(8-6-14)12-18-10-9-16(13-18)11-17-4-2/h14-17H,3-13H2,1-2H3. The first kappa shape index (κ1) is 14.3. The summed E-state index contributed by atoms with van der Waals surface area (Å²) in [5.74, 6) is 2.96. The number of rotatable bonds is 6. The van der Waals surface area contributed by atoms with Crippen LogP contribution in [0.25, 0.3) is 0 Å². The van der Waals surface area contributed by atoms with E-state index in [9.17, 15) is 0 Å². The number of likely N-dealkylation sites (tertiary alicyclic amines) is 1. The van der Waals surface area contributed by atoms with E-state index < -0.39 is 0 Å². The molecule has 1 heterocycles. The molecule has 1 saturated carbocycles. The van der Waals surface area contributed by atoms with Crippen molar-refractivity contribution in [2.75, 3.05) is 32.7 Å². The molecule has 1 aliphatic heterocycles. The van der Waals surface area contributed by atoms with Crippen molar-refractivity contribution in [1.82, 2.24) is 10.2 Å². The summed E-state index contributed by atoms with van der Waals surface area (Å²) in [5, 5.41) is 3.50. The van der Waals surface area contributed by atoms with Crippen LogP contribution in [0.5, 0.6) is 0 Å². The molecule has 1 aliphatic carbocycles. The van der Waals surface area contributed by atoms with E-state index in [-0.39, 0.29) is 0 Å². The van der Waals surface area contributed by atoms with E-state index >= 15 is 0 Å². The van der Waals surface area contributed by atoms with E-state index in [1.807, 2.05) is 0 Å². The zero-order valence-corrected chi connectivity index (χ0v) is 12.5. The van der Waals surface area contributed by atoms with E-state index in [0.717, 1.165) is 24.3 Å². The van der Waals surface area contributed by atoms with Gasteiger partial charge in [-0.2, -0.15) is 0 Å². The van der Waals surface area contributed by atoms with Gasteiger partial charge < -0.3 is 10.2 Å². The van der Waals surface area contributed by atoms with Crippen molar-refractivity contribution in [1.29, 1.82) is 0 Å². The van der Waals surface area contributed by atoms with Crippen LogP contribution in [0.15, 0.2) is 0 Å². The molecule has 1 unspecified atom stereocenters. The third-order valence-corrected chi connectivity index (χ3v) is 5.11. The van der Waals surface area contributed by atoms with Crippen LogP contribution in [0.3, 0.4) is 0 Å². The summed E-state index contributed by atoms with van der Waals surface area (Å²) in [7, 11) is 0. The fourth-order valence-electron chi connectivity index (χ4n) is 3.78. The van der Waals surface area contributed by atoms with Crippen molar-refractivity contribution in [2.24, 2.45) is 17.8 Å². The first-order valence-electron chi connectivity index (χ1n) is 8.24. The predicted octanol–water partition coefficient (Wildman–Crippen LogP) is 3.13. The Morgan fingerprint density at radius 1 is 0.944 bits per heavy atom. The molecule has 1 atom stereocenters. The Morgan fingerprint density at radius 3 is 2.33 bits per heavy atom. The maximum atomic E-state index is 3.50. The molecular formula is C16H32N2. The number of hydrogen-bond acceptors (Lipinski definition) is 2. The lowest BCUT2D eigenvalue weighted by atomic mass is 9.81. The van der Waals surface area contributed by atoms with Crippen molar-refractivity contribution in [3.8, 4) is 0 Å². The molecule has 2 aliphatic rings. The summed E-state index contributed by atoms with van der Waals surface area (Å²) in [4.78, 5) is 2.74. The smallest absolute Gasteiger partial charge is 0.00224 e. The monoisotopic (exact) mass is 252 g/mol. The van der Waals surface area contributed by atoms with Gasteiger partial charge in [-0.05, 0) is 56.7 Å². The molecule has 0 radical (unpaired) electrons. The third kappa shape index (κ3) is 4.24. The highest BCUT2D eigenvalue weighted by molar-refractivity contribution is 4.81. The Morgan fingerprint density at radius 2 is 1.67 bits per heavy atom. The number of hydrogen-bond donors (Lipinski definition) is 1. The SMILES string of the molecule is CCNCC1CCN(CC2CCC(CC)CC2)C1. The van der Waals surface area contributed by atoms with Gasteiger partial charge in [0.2, 0.25) is 0 Å². The zero-order valence-electron chi connectivity index (χ0n) is 12.5. The zero-order chi connectivity index (χ0) is 12.8. The molecular weight excluding hydrogens is 220 g/mol. The normalized spacial score (nSPS) is 34.0. The minimum atomic E-state index is 0.914. The van der Waals surface area contributed by atoms with Crippen LogP contribution in [-0.2, 0) is 0 Å².